The lowest BCUT2D eigenvalue weighted by Gasteiger charge is -2.10. The van der Waals surface area contributed by atoms with Crippen LogP contribution in [0.2, 0.25) is 10.0 Å². The van der Waals surface area contributed by atoms with Gasteiger partial charge < -0.3 is 5.73 Å². The molecule has 3 nitrogen and oxygen atoms in total. The van der Waals surface area contributed by atoms with Crippen molar-refractivity contribution in [3.8, 4) is 11.4 Å². The number of nitrogens with two attached hydrogens (primary N) is 1. The lowest BCUT2D eigenvalue weighted by atomic mass is 10.1. The maximum absolute atomic E-state index is 6.14. The van der Waals surface area contributed by atoms with Crippen molar-refractivity contribution in [3.63, 3.8) is 0 Å². The van der Waals surface area contributed by atoms with Crippen LogP contribution in [0, 0.1) is 6.92 Å². The molecular formula is C13H13Cl2N3. The zero-order valence-electron chi connectivity index (χ0n) is 10.2. The molecule has 0 aliphatic rings. The summed E-state index contributed by atoms with van der Waals surface area (Å²) < 4.78 is 0. The zero-order valence-corrected chi connectivity index (χ0v) is 11.7. The van der Waals surface area contributed by atoms with Gasteiger partial charge in [0.2, 0.25) is 0 Å². The molecule has 1 aromatic carbocycles. The summed E-state index contributed by atoms with van der Waals surface area (Å²) >= 11 is 12.1. The van der Waals surface area contributed by atoms with E-state index >= 15 is 0 Å². The van der Waals surface area contributed by atoms with Crippen LogP contribution in [0.25, 0.3) is 11.4 Å². The quantitative estimate of drug-likeness (QED) is 0.908. The van der Waals surface area contributed by atoms with Gasteiger partial charge in [-0.05, 0) is 31.5 Å². The van der Waals surface area contributed by atoms with Crippen molar-refractivity contribution in [1.82, 2.24) is 9.97 Å². The molecule has 0 saturated heterocycles. The molecule has 0 spiro atoms. The van der Waals surface area contributed by atoms with Gasteiger partial charge >= 0.3 is 0 Å². The molecule has 2 rings (SSSR count). The first kappa shape index (κ1) is 13.1. The van der Waals surface area contributed by atoms with Gasteiger partial charge in [-0.25, -0.2) is 9.97 Å². The topological polar surface area (TPSA) is 51.8 Å². The summed E-state index contributed by atoms with van der Waals surface area (Å²) in [5.74, 6) is 0.996. The van der Waals surface area contributed by atoms with Crippen molar-refractivity contribution in [2.75, 3.05) is 5.73 Å². The first-order valence-electron chi connectivity index (χ1n) is 5.61. The van der Waals surface area contributed by atoms with Crippen LogP contribution in [0.4, 0.5) is 5.82 Å². The number of nitrogen functional groups attached to an aromatic ring is 1. The van der Waals surface area contributed by atoms with E-state index in [2.05, 4.69) is 9.97 Å². The summed E-state index contributed by atoms with van der Waals surface area (Å²) in [6, 6.07) is 5.20. The number of aromatic nitrogens is 2. The van der Waals surface area contributed by atoms with E-state index < -0.39 is 0 Å². The SMILES string of the molecule is CCc1nc(-c2cc(Cl)ccc2Cl)nc(N)c1C. The third kappa shape index (κ3) is 2.42. The minimum absolute atomic E-state index is 0.480. The summed E-state index contributed by atoms with van der Waals surface area (Å²) in [5, 5.41) is 1.15. The lowest BCUT2D eigenvalue weighted by Crippen LogP contribution is -2.04. The molecule has 0 aliphatic heterocycles. The van der Waals surface area contributed by atoms with Crippen LogP contribution in [0.5, 0.6) is 0 Å². The van der Waals surface area contributed by atoms with Gasteiger partial charge in [0.25, 0.3) is 0 Å². The molecule has 0 bridgehead atoms. The average Bonchev–Trinajstić information content (AvgIpc) is 2.35. The predicted octanol–water partition coefficient (Wildman–Crippen LogP) is 3.90. The van der Waals surface area contributed by atoms with Crippen molar-refractivity contribution in [3.05, 3.63) is 39.5 Å². The minimum atomic E-state index is 0.480. The van der Waals surface area contributed by atoms with Crippen molar-refractivity contribution in [1.29, 1.82) is 0 Å². The Morgan fingerprint density at radius 3 is 2.61 bits per heavy atom. The van der Waals surface area contributed by atoms with E-state index in [1.165, 1.54) is 0 Å². The molecule has 0 unspecified atom stereocenters. The summed E-state index contributed by atoms with van der Waals surface area (Å²) in [6.07, 6.45) is 0.795. The predicted molar refractivity (Wildman–Crippen MR) is 76.0 cm³/mol. The zero-order chi connectivity index (χ0) is 13.3. The Hall–Kier alpha value is -1.32. The Bertz CT molecular complexity index is 597. The fourth-order valence-corrected chi connectivity index (χ4v) is 2.09. The second-order valence-electron chi connectivity index (χ2n) is 3.98. The fraction of sp³-hybridized carbons (Fsp3) is 0.231. The number of halogens is 2. The van der Waals surface area contributed by atoms with Crippen LogP contribution in [-0.2, 0) is 6.42 Å². The van der Waals surface area contributed by atoms with Gasteiger partial charge in [0.05, 0.1) is 5.02 Å². The van der Waals surface area contributed by atoms with E-state index in [1.54, 1.807) is 18.2 Å². The number of anilines is 1. The van der Waals surface area contributed by atoms with Gasteiger partial charge in [-0.15, -0.1) is 0 Å². The summed E-state index contributed by atoms with van der Waals surface area (Å²) in [6.45, 7) is 3.94. The second-order valence-corrected chi connectivity index (χ2v) is 4.83. The van der Waals surface area contributed by atoms with E-state index in [9.17, 15) is 0 Å². The number of nitrogens with zero attached hydrogens (tertiary/aromatic N) is 2. The first-order chi connectivity index (χ1) is 8.52. The number of aryl methyl sites for hydroxylation is 1. The molecule has 0 radical (unpaired) electrons. The van der Waals surface area contributed by atoms with Crippen LogP contribution < -0.4 is 5.73 Å². The number of hydrogen-bond donors (Lipinski definition) is 1. The van der Waals surface area contributed by atoms with Crippen LogP contribution in [0.15, 0.2) is 18.2 Å². The van der Waals surface area contributed by atoms with Crippen molar-refractivity contribution >= 4 is 29.0 Å². The molecule has 0 saturated carbocycles. The van der Waals surface area contributed by atoms with Crippen molar-refractivity contribution in [2.45, 2.75) is 20.3 Å². The molecule has 2 N–H and O–H groups in total. The maximum Gasteiger partial charge on any atom is 0.163 e. The number of benzene rings is 1. The first-order valence-corrected chi connectivity index (χ1v) is 6.37. The molecule has 2 aromatic rings. The molecule has 5 heteroatoms. The van der Waals surface area contributed by atoms with Gasteiger partial charge in [-0.1, -0.05) is 30.1 Å². The molecule has 0 amide bonds. The summed E-state index contributed by atoms with van der Waals surface area (Å²) in [5.41, 5.74) is 8.44. The smallest absolute Gasteiger partial charge is 0.163 e. The highest BCUT2D eigenvalue weighted by Gasteiger charge is 2.12. The van der Waals surface area contributed by atoms with Gasteiger partial charge in [0, 0.05) is 21.8 Å². The van der Waals surface area contributed by atoms with E-state index in [1.807, 2.05) is 13.8 Å². The fourth-order valence-electron chi connectivity index (χ4n) is 1.72. The Morgan fingerprint density at radius 2 is 1.94 bits per heavy atom. The second kappa shape index (κ2) is 5.12. The molecule has 18 heavy (non-hydrogen) atoms. The third-order valence-electron chi connectivity index (χ3n) is 2.79. The molecule has 94 valence electrons. The lowest BCUT2D eigenvalue weighted by molar-refractivity contribution is 0.982. The highest BCUT2D eigenvalue weighted by molar-refractivity contribution is 6.35. The number of rotatable bonds is 2. The van der Waals surface area contributed by atoms with Crippen LogP contribution in [0.3, 0.4) is 0 Å². The minimum Gasteiger partial charge on any atom is -0.383 e. The van der Waals surface area contributed by atoms with Crippen LogP contribution in [0.1, 0.15) is 18.2 Å². The Labute approximate surface area is 116 Å². The maximum atomic E-state index is 6.14. The molecule has 1 heterocycles. The van der Waals surface area contributed by atoms with Gasteiger partial charge in [0.1, 0.15) is 5.82 Å². The normalized spacial score (nSPS) is 10.7. The van der Waals surface area contributed by atoms with Crippen LogP contribution >= 0.6 is 23.2 Å². The highest BCUT2D eigenvalue weighted by Crippen LogP contribution is 2.29. The molecule has 0 atom stereocenters. The third-order valence-corrected chi connectivity index (χ3v) is 3.35. The average molecular weight is 282 g/mol. The van der Waals surface area contributed by atoms with Gasteiger partial charge in [0.15, 0.2) is 5.82 Å². The Morgan fingerprint density at radius 1 is 1.22 bits per heavy atom. The van der Waals surface area contributed by atoms with Crippen molar-refractivity contribution < 1.29 is 0 Å². The van der Waals surface area contributed by atoms with Crippen LogP contribution in [-0.4, -0.2) is 9.97 Å². The number of hydrogen-bond acceptors (Lipinski definition) is 3. The van der Waals surface area contributed by atoms with E-state index in [0.717, 1.165) is 17.7 Å². The molecule has 0 fully saturated rings. The Balaban J connectivity index is 2.64. The van der Waals surface area contributed by atoms with E-state index in [-0.39, 0.29) is 0 Å². The standard InChI is InChI=1S/C13H13Cl2N3/c1-3-11-7(2)12(16)18-13(17-11)9-6-8(14)4-5-10(9)15/h4-6H,3H2,1-2H3,(H2,16,17,18). The monoisotopic (exact) mass is 281 g/mol. The van der Waals surface area contributed by atoms with E-state index in [0.29, 0.717) is 27.3 Å². The summed E-state index contributed by atoms with van der Waals surface area (Å²) in [7, 11) is 0. The highest BCUT2D eigenvalue weighted by atomic mass is 35.5. The van der Waals surface area contributed by atoms with Gasteiger partial charge in [-0.3, -0.25) is 0 Å². The van der Waals surface area contributed by atoms with E-state index in [4.69, 9.17) is 28.9 Å². The summed E-state index contributed by atoms with van der Waals surface area (Å²) in [4.78, 5) is 8.77. The molecule has 1 aromatic heterocycles. The molecule has 0 aliphatic carbocycles. The largest absolute Gasteiger partial charge is 0.383 e. The molecular weight excluding hydrogens is 269 g/mol. The van der Waals surface area contributed by atoms with Gasteiger partial charge in [-0.2, -0.15) is 0 Å². The van der Waals surface area contributed by atoms with Crippen molar-refractivity contribution in [2.24, 2.45) is 0 Å². The Kier molecular flexibility index (Phi) is 3.73.